The van der Waals surface area contributed by atoms with Gasteiger partial charge in [0.05, 0.1) is 7.11 Å². The maximum absolute atomic E-state index is 12.8. The van der Waals surface area contributed by atoms with E-state index in [2.05, 4.69) is 29.0 Å². The van der Waals surface area contributed by atoms with Gasteiger partial charge in [0.25, 0.3) is 0 Å². The number of methoxy groups -OCH3 is 1. The van der Waals surface area contributed by atoms with Gasteiger partial charge in [0.1, 0.15) is 16.2 Å². The molecule has 0 fully saturated rings. The Kier molecular flexibility index (Phi) is 7.01. The first-order chi connectivity index (χ1) is 16.1. The van der Waals surface area contributed by atoms with Gasteiger partial charge in [-0.15, -0.1) is 0 Å². The molecule has 0 atom stereocenters. The zero-order valence-corrected chi connectivity index (χ0v) is 19.3. The molecule has 0 aliphatic carbocycles. The Hall–Kier alpha value is -3.70. The smallest absolute Gasteiger partial charge is 0.422 e. The van der Waals surface area contributed by atoms with E-state index in [9.17, 15) is 4.79 Å². The molecule has 0 bridgehead atoms. The Balaban J connectivity index is 1.74. The van der Waals surface area contributed by atoms with Gasteiger partial charge in [-0.25, -0.2) is 4.79 Å². The summed E-state index contributed by atoms with van der Waals surface area (Å²) in [5.74, 6) is 1.26. The van der Waals surface area contributed by atoms with Crippen LogP contribution in [0.5, 0.6) is 11.5 Å². The highest BCUT2D eigenvalue weighted by Crippen LogP contribution is 2.47. The second-order valence-electron chi connectivity index (χ2n) is 7.55. The zero-order chi connectivity index (χ0) is 23.1. The molecule has 4 aromatic carbocycles. The summed E-state index contributed by atoms with van der Waals surface area (Å²) in [4.78, 5) is 12.8. The predicted octanol–water partition coefficient (Wildman–Crippen LogP) is 6.73. The van der Waals surface area contributed by atoms with E-state index < -0.39 is 10.8 Å². The first-order valence-corrected chi connectivity index (χ1v) is 11.4. The Morgan fingerprint density at radius 3 is 1.70 bits per heavy atom. The molecule has 4 nitrogen and oxygen atoms in total. The quantitative estimate of drug-likeness (QED) is 0.248. The molecule has 0 saturated carbocycles. The highest BCUT2D eigenvalue weighted by molar-refractivity contribution is 7.99. The maximum Gasteiger partial charge on any atom is 0.422 e. The summed E-state index contributed by atoms with van der Waals surface area (Å²) in [5, 5.41) is 0. The number of carbonyl (C=O) groups excluding carboxylic acids is 1. The Labute approximate surface area is 198 Å². The van der Waals surface area contributed by atoms with Gasteiger partial charge >= 0.3 is 6.09 Å². The van der Waals surface area contributed by atoms with Crippen molar-refractivity contribution in [2.45, 2.75) is 11.7 Å². The van der Waals surface area contributed by atoms with Gasteiger partial charge < -0.3 is 9.47 Å². The molecule has 0 saturated heterocycles. The molecule has 0 spiro atoms. The van der Waals surface area contributed by atoms with Crippen molar-refractivity contribution in [3.8, 4) is 11.5 Å². The molecule has 4 aromatic rings. The first-order valence-electron chi connectivity index (χ1n) is 10.6. The number of ether oxygens (including phenoxy) is 2. The highest BCUT2D eigenvalue weighted by Gasteiger charge is 2.38. The Morgan fingerprint density at radius 1 is 0.697 bits per heavy atom. The molecular formula is C28H25NO3S. The average molecular weight is 456 g/mol. The van der Waals surface area contributed by atoms with Crippen molar-refractivity contribution in [1.82, 2.24) is 4.72 Å². The summed E-state index contributed by atoms with van der Waals surface area (Å²) in [7, 11) is 1.65. The van der Waals surface area contributed by atoms with Crippen LogP contribution in [0.4, 0.5) is 4.79 Å². The van der Waals surface area contributed by atoms with Crippen molar-refractivity contribution in [1.29, 1.82) is 0 Å². The lowest BCUT2D eigenvalue weighted by Gasteiger charge is -2.34. The second-order valence-corrected chi connectivity index (χ2v) is 8.57. The van der Waals surface area contributed by atoms with E-state index in [1.54, 1.807) is 19.2 Å². The summed E-state index contributed by atoms with van der Waals surface area (Å²) in [6.07, 6.45) is -0.534. The summed E-state index contributed by atoms with van der Waals surface area (Å²) in [5.41, 5.74) is 4.16. The average Bonchev–Trinajstić information content (AvgIpc) is 2.87. The van der Waals surface area contributed by atoms with Crippen molar-refractivity contribution in [2.75, 3.05) is 7.11 Å². The van der Waals surface area contributed by atoms with Crippen LogP contribution in [0.1, 0.15) is 22.3 Å². The second kappa shape index (κ2) is 10.3. The minimum atomic E-state index is -0.707. The predicted molar refractivity (Wildman–Crippen MR) is 134 cm³/mol. The lowest BCUT2D eigenvalue weighted by Crippen LogP contribution is -2.32. The number of hydrogen-bond acceptors (Lipinski definition) is 4. The Bertz CT molecular complexity index is 1140. The van der Waals surface area contributed by atoms with Gasteiger partial charge in [-0.05, 0) is 59.8 Å². The highest BCUT2D eigenvalue weighted by atomic mass is 32.2. The minimum absolute atomic E-state index is 0.494. The standard InChI is InChI=1S/C28H25NO3S/c1-21-13-17-26(18-14-21)32-27(30)29-33-28(22-9-5-3-6-10-22,23-11-7-4-8-12-23)24-15-19-25(31-2)20-16-24/h3-20H,1-2H3,(H,29,30). The van der Waals surface area contributed by atoms with Crippen LogP contribution in [0.3, 0.4) is 0 Å². The van der Waals surface area contributed by atoms with Gasteiger partial charge in [0, 0.05) is 0 Å². The molecule has 1 N–H and O–H groups in total. The van der Waals surface area contributed by atoms with E-state index in [1.165, 1.54) is 11.9 Å². The minimum Gasteiger partial charge on any atom is -0.497 e. The van der Waals surface area contributed by atoms with Crippen LogP contribution in [0.15, 0.2) is 109 Å². The van der Waals surface area contributed by atoms with Gasteiger partial charge in [0.15, 0.2) is 0 Å². The van der Waals surface area contributed by atoms with Crippen LogP contribution in [0.2, 0.25) is 0 Å². The third-order valence-corrected chi connectivity index (χ3v) is 6.66. The summed E-state index contributed by atoms with van der Waals surface area (Å²) >= 11 is 1.31. The monoisotopic (exact) mass is 455 g/mol. The lowest BCUT2D eigenvalue weighted by atomic mass is 9.84. The molecule has 0 radical (unpaired) electrons. The van der Waals surface area contributed by atoms with E-state index in [1.807, 2.05) is 79.7 Å². The molecule has 166 valence electrons. The molecule has 0 unspecified atom stereocenters. The Morgan fingerprint density at radius 2 is 1.18 bits per heavy atom. The van der Waals surface area contributed by atoms with E-state index in [0.29, 0.717) is 5.75 Å². The third kappa shape index (κ3) is 5.04. The van der Waals surface area contributed by atoms with E-state index in [-0.39, 0.29) is 0 Å². The van der Waals surface area contributed by atoms with Crippen LogP contribution < -0.4 is 14.2 Å². The molecule has 0 aliphatic heterocycles. The number of carbonyl (C=O) groups is 1. The van der Waals surface area contributed by atoms with Crippen molar-refractivity contribution in [2.24, 2.45) is 0 Å². The molecular weight excluding hydrogens is 430 g/mol. The van der Waals surface area contributed by atoms with Crippen molar-refractivity contribution >= 4 is 18.0 Å². The van der Waals surface area contributed by atoms with Gasteiger partial charge in [-0.2, -0.15) is 0 Å². The fourth-order valence-corrected chi connectivity index (χ4v) is 4.74. The summed E-state index contributed by atoms with van der Waals surface area (Å²) in [6.45, 7) is 1.99. The summed E-state index contributed by atoms with van der Waals surface area (Å²) in [6, 6.07) is 35.5. The normalized spacial score (nSPS) is 11.0. The van der Waals surface area contributed by atoms with Crippen molar-refractivity contribution in [3.63, 3.8) is 0 Å². The third-order valence-electron chi connectivity index (χ3n) is 5.38. The number of aryl methyl sites for hydroxylation is 1. The number of amides is 1. The van der Waals surface area contributed by atoms with E-state index in [0.717, 1.165) is 28.0 Å². The number of benzene rings is 4. The van der Waals surface area contributed by atoms with Crippen LogP contribution >= 0.6 is 11.9 Å². The lowest BCUT2D eigenvalue weighted by molar-refractivity contribution is 0.207. The first kappa shape index (κ1) is 22.5. The van der Waals surface area contributed by atoms with Crippen LogP contribution in [-0.4, -0.2) is 13.2 Å². The number of rotatable bonds is 7. The van der Waals surface area contributed by atoms with Gasteiger partial charge in [-0.1, -0.05) is 90.5 Å². The fraction of sp³-hybridized carbons (Fsp3) is 0.107. The molecule has 1 amide bonds. The van der Waals surface area contributed by atoms with Crippen LogP contribution in [-0.2, 0) is 4.75 Å². The zero-order valence-electron chi connectivity index (χ0n) is 18.5. The van der Waals surface area contributed by atoms with Crippen LogP contribution in [0, 0.1) is 6.92 Å². The molecule has 0 heterocycles. The number of nitrogens with one attached hydrogen (secondary N) is 1. The SMILES string of the molecule is COc1ccc(C(SNC(=O)Oc2ccc(C)cc2)(c2ccccc2)c2ccccc2)cc1. The van der Waals surface area contributed by atoms with E-state index in [4.69, 9.17) is 9.47 Å². The fourth-order valence-electron chi connectivity index (χ4n) is 3.70. The van der Waals surface area contributed by atoms with Gasteiger partial charge in [0.2, 0.25) is 0 Å². The van der Waals surface area contributed by atoms with Crippen LogP contribution in [0.25, 0.3) is 0 Å². The molecule has 0 aromatic heterocycles. The van der Waals surface area contributed by atoms with Crippen molar-refractivity contribution in [3.05, 3.63) is 131 Å². The summed E-state index contributed by atoms with van der Waals surface area (Å²) < 4.78 is 13.1. The topological polar surface area (TPSA) is 47.6 Å². The molecule has 0 aliphatic rings. The van der Waals surface area contributed by atoms with Gasteiger partial charge in [-0.3, -0.25) is 4.72 Å². The molecule has 5 heteroatoms. The largest absolute Gasteiger partial charge is 0.497 e. The molecule has 33 heavy (non-hydrogen) atoms. The maximum atomic E-state index is 12.8. The number of hydrogen-bond donors (Lipinski definition) is 1. The van der Waals surface area contributed by atoms with E-state index >= 15 is 0 Å². The van der Waals surface area contributed by atoms with Crippen molar-refractivity contribution < 1.29 is 14.3 Å². The molecule has 4 rings (SSSR count).